The van der Waals surface area contributed by atoms with Crippen LogP contribution >= 0.6 is 0 Å². The third-order valence-electron chi connectivity index (χ3n) is 2.07. The van der Waals surface area contributed by atoms with Crippen molar-refractivity contribution in [3.05, 3.63) is 60.2 Å². The predicted octanol–water partition coefficient (Wildman–Crippen LogP) is 2.06. The van der Waals surface area contributed by atoms with E-state index in [1.807, 2.05) is 24.5 Å². The van der Waals surface area contributed by atoms with Crippen LogP contribution in [0.1, 0.15) is 11.1 Å². The molecule has 2 aromatic rings. The van der Waals surface area contributed by atoms with Crippen LogP contribution in [0, 0.1) is 6.07 Å². The largest absolute Gasteiger partial charge is 0.264 e. The van der Waals surface area contributed by atoms with E-state index >= 15 is 0 Å². The predicted molar refractivity (Wildman–Crippen MR) is 54.7 cm³/mol. The Morgan fingerprint density at radius 3 is 2.71 bits per heavy atom. The summed E-state index contributed by atoms with van der Waals surface area (Å²) in [4.78, 5) is 8.12. The van der Waals surface area contributed by atoms with E-state index in [9.17, 15) is 0 Å². The molecule has 0 saturated heterocycles. The van der Waals surface area contributed by atoms with Crippen LogP contribution in [0.2, 0.25) is 0 Å². The van der Waals surface area contributed by atoms with Crippen molar-refractivity contribution in [3.8, 4) is 0 Å². The fourth-order valence-corrected chi connectivity index (χ4v) is 1.32. The Bertz CT molecular complexity index is 331. The van der Waals surface area contributed by atoms with Gasteiger partial charge in [0.2, 0.25) is 0 Å². The highest BCUT2D eigenvalue weighted by Crippen LogP contribution is 2.03. The van der Waals surface area contributed by atoms with E-state index in [2.05, 4.69) is 22.1 Å². The van der Waals surface area contributed by atoms with E-state index in [1.165, 1.54) is 5.56 Å². The first-order valence-electron chi connectivity index (χ1n) is 4.64. The van der Waals surface area contributed by atoms with Crippen molar-refractivity contribution in [1.82, 2.24) is 9.97 Å². The topological polar surface area (TPSA) is 25.8 Å². The summed E-state index contributed by atoms with van der Waals surface area (Å²) in [5, 5.41) is 0. The van der Waals surface area contributed by atoms with Gasteiger partial charge in [0.05, 0.1) is 0 Å². The van der Waals surface area contributed by atoms with E-state index in [4.69, 9.17) is 0 Å². The monoisotopic (exact) mass is 183 g/mol. The van der Waals surface area contributed by atoms with Crippen LogP contribution < -0.4 is 0 Å². The summed E-state index contributed by atoms with van der Waals surface area (Å²) in [5.74, 6) is 0. The maximum Gasteiger partial charge on any atom is 0.0306 e. The van der Waals surface area contributed by atoms with Crippen molar-refractivity contribution < 1.29 is 0 Å². The van der Waals surface area contributed by atoms with Crippen molar-refractivity contribution >= 4 is 0 Å². The molecular formula is C12H11N2. The molecule has 2 heterocycles. The molecule has 0 aliphatic heterocycles. The molecule has 0 amide bonds. The van der Waals surface area contributed by atoms with Crippen LogP contribution in [0.4, 0.5) is 0 Å². The summed E-state index contributed by atoms with van der Waals surface area (Å²) in [6.07, 6.45) is 9.26. The fourth-order valence-electron chi connectivity index (χ4n) is 1.32. The van der Waals surface area contributed by atoms with Gasteiger partial charge in [0.25, 0.3) is 0 Å². The van der Waals surface area contributed by atoms with E-state index in [1.54, 1.807) is 12.4 Å². The minimum absolute atomic E-state index is 0.972. The summed E-state index contributed by atoms with van der Waals surface area (Å²) >= 11 is 0. The number of hydrogen-bond acceptors (Lipinski definition) is 2. The molecule has 0 saturated carbocycles. The molecule has 0 atom stereocenters. The lowest BCUT2D eigenvalue weighted by molar-refractivity contribution is 0.939. The van der Waals surface area contributed by atoms with Crippen molar-refractivity contribution in [2.45, 2.75) is 12.8 Å². The minimum Gasteiger partial charge on any atom is -0.264 e. The third kappa shape index (κ3) is 2.39. The van der Waals surface area contributed by atoms with Crippen LogP contribution in [-0.2, 0) is 12.8 Å². The van der Waals surface area contributed by atoms with Crippen LogP contribution in [0.25, 0.3) is 0 Å². The number of nitrogens with zero attached hydrogens (tertiary/aromatic N) is 2. The number of hydrogen-bond donors (Lipinski definition) is 0. The first kappa shape index (κ1) is 8.88. The summed E-state index contributed by atoms with van der Waals surface area (Å²) in [5.41, 5.74) is 2.40. The third-order valence-corrected chi connectivity index (χ3v) is 2.07. The standard InChI is InChI=1S/C12H11N2/c1-3-11(9-13-7-1)5-6-12-4-2-8-14-10-12/h1-3,7-10H,5-6H2. The van der Waals surface area contributed by atoms with Gasteiger partial charge in [-0.25, -0.2) is 0 Å². The molecule has 0 fully saturated rings. The van der Waals surface area contributed by atoms with Crippen molar-refractivity contribution in [1.29, 1.82) is 0 Å². The molecule has 0 spiro atoms. The van der Waals surface area contributed by atoms with E-state index in [0.29, 0.717) is 0 Å². The average Bonchev–Trinajstić information content (AvgIpc) is 2.29. The van der Waals surface area contributed by atoms with E-state index in [0.717, 1.165) is 18.4 Å². The van der Waals surface area contributed by atoms with Crippen molar-refractivity contribution in [2.24, 2.45) is 0 Å². The first-order valence-corrected chi connectivity index (χ1v) is 4.64. The maximum atomic E-state index is 4.07. The zero-order chi connectivity index (χ0) is 9.64. The molecule has 2 aromatic heterocycles. The molecule has 2 heteroatoms. The molecule has 0 bridgehead atoms. The van der Waals surface area contributed by atoms with Gasteiger partial charge in [-0.05, 0) is 42.2 Å². The Balaban J connectivity index is 1.96. The van der Waals surface area contributed by atoms with Crippen molar-refractivity contribution in [3.63, 3.8) is 0 Å². The van der Waals surface area contributed by atoms with Gasteiger partial charge in [0.1, 0.15) is 0 Å². The molecule has 0 N–H and O–H groups in total. The highest BCUT2D eigenvalue weighted by Gasteiger charge is 1.94. The van der Waals surface area contributed by atoms with Crippen LogP contribution in [0.15, 0.2) is 43.0 Å². The second-order valence-corrected chi connectivity index (χ2v) is 3.12. The Morgan fingerprint density at radius 2 is 2.00 bits per heavy atom. The van der Waals surface area contributed by atoms with Crippen LogP contribution in [0.3, 0.4) is 0 Å². The Labute approximate surface area is 83.7 Å². The quantitative estimate of drug-likeness (QED) is 0.728. The number of aryl methyl sites for hydroxylation is 2. The molecule has 0 aliphatic rings. The summed E-state index contributed by atoms with van der Waals surface area (Å²) in [6, 6.07) is 9.05. The molecule has 2 rings (SSSR count). The Kier molecular flexibility index (Phi) is 2.86. The summed E-state index contributed by atoms with van der Waals surface area (Å²) in [7, 11) is 0. The SMILES string of the molecule is [c]1ccncc1CCc1cccnc1. The zero-order valence-corrected chi connectivity index (χ0v) is 7.85. The smallest absolute Gasteiger partial charge is 0.0306 e. The molecule has 69 valence electrons. The summed E-state index contributed by atoms with van der Waals surface area (Å²) in [6.45, 7) is 0. The van der Waals surface area contributed by atoms with Gasteiger partial charge in [-0.2, -0.15) is 0 Å². The number of rotatable bonds is 3. The Morgan fingerprint density at radius 1 is 1.07 bits per heavy atom. The highest BCUT2D eigenvalue weighted by molar-refractivity contribution is 5.13. The zero-order valence-electron chi connectivity index (χ0n) is 7.85. The first-order chi connectivity index (χ1) is 6.95. The number of aromatic nitrogens is 2. The second-order valence-electron chi connectivity index (χ2n) is 3.12. The lowest BCUT2D eigenvalue weighted by Crippen LogP contribution is -1.92. The second kappa shape index (κ2) is 4.51. The van der Waals surface area contributed by atoms with Gasteiger partial charge in [-0.15, -0.1) is 0 Å². The molecule has 14 heavy (non-hydrogen) atoms. The van der Waals surface area contributed by atoms with Crippen molar-refractivity contribution in [2.75, 3.05) is 0 Å². The highest BCUT2D eigenvalue weighted by atomic mass is 14.6. The van der Waals surface area contributed by atoms with Gasteiger partial charge >= 0.3 is 0 Å². The molecular weight excluding hydrogens is 172 g/mol. The minimum atomic E-state index is 0.972. The average molecular weight is 183 g/mol. The molecule has 1 radical (unpaired) electrons. The lowest BCUT2D eigenvalue weighted by Gasteiger charge is -1.99. The van der Waals surface area contributed by atoms with Crippen LogP contribution in [-0.4, -0.2) is 9.97 Å². The van der Waals surface area contributed by atoms with Gasteiger partial charge < -0.3 is 0 Å². The summed E-state index contributed by atoms with van der Waals surface area (Å²) < 4.78 is 0. The maximum absolute atomic E-state index is 4.07. The Hall–Kier alpha value is -1.70. The lowest BCUT2D eigenvalue weighted by atomic mass is 10.1. The molecule has 2 nitrogen and oxygen atoms in total. The van der Waals surface area contributed by atoms with Crippen LogP contribution in [0.5, 0.6) is 0 Å². The molecule has 0 aliphatic carbocycles. The van der Waals surface area contributed by atoms with Gasteiger partial charge in [-0.3, -0.25) is 9.97 Å². The van der Waals surface area contributed by atoms with E-state index < -0.39 is 0 Å². The van der Waals surface area contributed by atoms with Gasteiger partial charge in [-0.1, -0.05) is 6.07 Å². The fraction of sp³-hybridized carbons (Fsp3) is 0.167. The van der Waals surface area contributed by atoms with Gasteiger partial charge in [0.15, 0.2) is 0 Å². The molecule has 0 unspecified atom stereocenters. The normalized spacial score (nSPS) is 10.0. The van der Waals surface area contributed by atoms with E-state index in [-0.39, 0.29) is 0 Å². The van der Waals surface area contributed by atoms with Gasteiger partial charge in [0, 0.05) is 24.8 Å². The number of pyridine rings is 2. The molecule has 0 aromatic carbocycles.